The average Bonchev–Trinajstić information content (AvgIpc) is 3.09. The third kappa shape index (κ3) is 3.41. The number of hydrogen-bond donors (Lipinski definition) is 2. The van der Waals surface area contributed by atoms with Crippen molar-refractivity contribution in [2.24, 2.45) is 0 Å². The van der Waals surface area contributed by atoms with E-state index in [9.17, 15) is 4.79 Å². The fourth-order valence-corrected chi connectivity index (χ4v) is 3.84. The van der Waals surface area contributed by atoms with Crippen LogP contribution in [0.1, 0.15) is 54.4 Å². The van der Waals surface area contributed by atoms with Gasteiger partial charge in [0.1, 0.15) is 0 Å². The molecule has 0 spiro atoms. The molecule has 1 aliphatic rings. The number of aryl methyl sites for hydroxylation is 1. The van der Waals surface area contributed by atoms with E-state index < -0.39 is 0 Å². The highest BCUT2D eigenvalue weighted by molar-refractivity contribution is 7.09. The van der Waals surface area contributed by atoms with Crippen molar-refractivity contribution < 1.29 is 0 Å². The number of aromatic nitrogens is 2. The van der Waals surface area contributed by atoms with Crippen LogP contribution in [0.4, 0.5) is 0 Å². The molecule has 0 aliphatic heterocycles. The Bertz CT molecular complexity index is 643. The summed E-state index contributed by atoms with van der Waals surface area (Å²) in [5.41, 5.74) is 2.36. The number of H-pyrrole nitrogens is 1. The number of nitrogens with one attached hydrogen (secondary N) is 2. The molecule has 1 fully saturated rings. The zero-order chi connectivity index (χ0) is 14.8. The Morgan fingerprint density at radius 1 is 1.43 bits per heavy atom. The minimum atomic E-state index is -0.0288. The van der Waals surface area contributed by atoms with Gasteiger partial charge in [-0.25, -0.2) is 4.98 Å². The second-order valence-corrected chi connectivity index (χ2v) is 6.94. The molecule has 2 N–H and O–H groups in total. The Kier molecular flexibility index (Phi) is 4.22. The van der Waals surface area contributed by atoms with Crippen LogP contribution < -0.4 is 10.9 Å². The second-order valence-electron chi connectivity index (χ2n) is 5.87. The maximum Gasteiger partial charge on any atom is 0.247 e. The van der Waals surface area contributed by atoms with Crippen LogP contribution in [0.25, 0.3) is 0 Å². The molecule has 21 heavy (non-hydrogen) atoms. The van der Waals surface area contributed by atoms with E-state index in [1.54, 1.807) is 17.4 Å². The van der Waals surface area contributed by atoms with E-state index in [4.69, 9.17) is 0 Å². The normalized spacial score (nSPS) is 23.3. The van der Waals surface area contributed by atoms with Crippen LogP contribution in [-0.4, -0.2) is 16.0 Å². The lowest BCUT2D eigenvalue weighted by Crippen LogP contribution is -2.29. The smallest absolute Gasteiger partial charge is 0.247 e. The molecule has 4 nitrogen and oxygen atoms in total. The standard InChI is InChI=1S/C16H21N3OS/c1-10(15-9-21-11(2)19-15)18-14-5-3-12(7-14)13-4-6-16(20)17-8-13/h4,6,8-10,12,14,18H,3,5,7H2,1-2H3,(H,17,20)/t10-,12?,14+/m1/s1. The van der Waals surface area contributed by atoms with Crippen LogP contribution in [0.3, 0.4) is 0 Å². The van der Waals surface area contributed by atoms with Gasteiger partial charge in [0, 0.05) is 29.7 Å². The van der Waals surface area contributed by atoms with Gasteiger partial charge in [0.15, 0.2) is 0 Å². The van der Waals surface area contributed by atoms with E-state index >= 15 is 0 Å². The SMILES string of the molecule is Cc1nc([C@@H](C)N[C@H]2CCC(c3ccc(=O)[nH]c3)C2)cs1. The van der Waals surface area contributed by atoms with Crippen molar-refractivity contribution in [1.29, 1.82) is 0 Å². The van der Waals surface area contributed by atoms with E-state index in [-0.39, 0.29) is 5.56 Å². The van der Waals surface area contributed by atoms with Gasteiger partial charge in [0.2, 0.25) is 5.56 Å². The van der Waals surface area contributed by atoms with Gasteiger partial charge < -0.3 is 10.3 Å². The summed E-state index contributed by atoms with van der Waals surface area (Å²) in [6, 6.07) is 4.41. The van der Waals surface area contributed by atoms with Crippen molar-refractivity contribution in [3.05, 3.63) is 50.3 Å². The molecule has 0 bridgehead atoms. The highest BCUT2D eigenvalue weighted by Gasteiger charge is 2.27. The Balaban J connectivity index is 1.59. The number of nitrogens with zero attached hydrogens (tertiary/aromatic N) is 1. The van der Waals surface area contributed by atoms with Crippen LogP contribution in [0, 0.1) is 6.92 Å². The molecule has 3 atom stereocenters. The molecular weight excluding hydrogens is 282 g/mol. The molecule has 1 unspecified atom stereocenters. The van der Waals surface area contributed by atoms with Crippen molar-refractivity contribution >= 4 is 11.3 Å². The first-order chi connectivity index (χ1) is 10.1. The minimum Gasteiger partial charge on any atom is -0.329 e. The average molecular weight is 303 g/mol. The van der Waals surface area contributed by atoms with E-state index in [2.05, 4.69) is 27.6 Å². The van der Waals surface area contributed by atoms with Gasteiger partial charge in [-0.2, -0.15) is 0 Å². The van der Waals surface area contributed by atoms with Gasteiger partial charge in [-0.15, -0.1) is 11.3 Å². The maximum absolute atomic E-state index is 11.1. The lowest BCUT2D eigenvalue weighted by atomic mass is 9.99. The van der Waals surface area contributed by atoms with Gasteiger partial charge in [-0.05, 0) is 44.6 Å². The monoisotopic (exact) mass is 303 g/mol. The summed E-state index contributed by atoms with van der Waals surface area (Å²) in [4.78, 5) is 18.5. The number of hydrogen-bond acceptors (Lipinski definition) is 4. The number of rotatable bonds is 4. The molecule has 112 valence electrons. The van der Waals surface area contributed by atoms with Gasteiger partial charge >= 0.3 is 0 Å². The molecule has 2 heterocycles. The van der Waals surface area contributed by atoms with E-state index in [1.807, 2.05) is 19.2 Å². The quantitative estimate of drug-likeness (QED) is 0.912. The first-order valence-corrected chi connectivity index (χ1v) is 8.36. The van der Waals surface area contributed by atoms with Crippen molar-refractivity contribution in [1.82, 2.24) is 15.3 Å². The Morgan fingerprint density at radius 3 is 2.95 bits per heavy atom. The maximum atomic E-state index is 11.1. The summed E-state index contributed by atoms with van der Waals surface area (Å²) in [6.45, 7) is 4.23. The molecule has 3 rings (SSSR count). The van der Waals surface area contributed by atoms with E-state index in [1.165, 1.54) is 18.4 Å². The Hall–Kier alpha value is -1.46. The van der Waals surface area contributed by atoms with Crippen LogP contribution in [0.15, 0.2) is 28.5 Å². The lowest BCUT2D eigenvalue weighted by molar-refractivity contribution is 0.452. The highest BCUT2D eigenvalue weighted by atomic mass is 32.1. The van der Waals surface area contributed by atoms with Crippen LogP contribution in [0.2, 0.25) is 0 Å². The van der Waals surface area contributed by atoms with Gasteiger partial charge in [0.25, 0.3) is 0 Å². The fraction of sp³-hybridized carbons (Fsp3) is 0.500. The van der Waals surface area contributed by atoms with Crippen molar-refractivity contribution in [3.8, 4) is 0 Å². The van der Waals surface area contributed by atoms with E-state index in [0.29, 0.717) is 18.0 Å². The molecule has 5 heteroatoms. The number of aromatic amines is 1. The molecule has 0 amide bonds. The topological polar surface area (TPSA) is 57.8 Å². The molecule has 0 saturated heterocycles. The zero-order valence-electron chi connectivity index (χ0n) is 12.4. The summed E-state index contributed by atoms with van der Waals surface area (Å²) in [5.74, 6) is 0.545. The Morgan fingerprint density at radius 2 is 2.29 bits per heavy atom. The predicted octanol–water partition coefficient (Wildman–Crippen LogP) is 3.13. The van der Waals surface area contributed by atoms with Crippen molar-refractivity contribution in [2.45, 2.75) is 51.1 Å². The molecule has 1 aliphatic carbocycles. The fourth-order valence-electron chi connectivity index (χ4n) is 3.13. The third-order valence-corrected chi connectivity index (χ3v) is 5.07. The second kappa shape index (κ2) is 6.12. The summed E-state index contributed by atoms with van der Waals surface area (Å²) in [7, 11) is 0. The molecule has 2 aromatic heterocycles. The van der Waals surface area contributed by atoms with Gasteiger partial charge in [0.05, 0.1) is 10.7 Å². The van der Waals surface area contributed by atoms with Gasteiger partial charge in [-0.3, -0.25) is 4.79 Å². The van der Waals surface area contributed by atoms with E-state index in [0.717, 1.165) is 17.1 Å². The van der Waals surface area contributed by atoms with Crippen LogP contribution >= 0.6 is 11.3 Å². The Labute approximate surface area is 128 Å². The first kappa shape index (κ1) is 14.5. The minimum absolute atomic E-state index is 0.0288. The van der Waals surface area contributed by atoms with Crippen molar-refractivity contribution in [2.75, 3.05) is 0 Å². The summed E-state index contributed by atoms with van der Waals surface area (Å²) < 4.78 is 0. The zero-order valence-corrected chi connectivity index (χ0v) is 13.2. The third-order valence-electron chi connectivity index (χ3n) is 4.28. The summed E-state index contributed by atoms with van der Waals surface area (Å²) in [6.07, 6.45) is 5.34. The largest absolute Gasteiger partial charge is 0.329 e. The molecule has 2 aromatic rings. The molecule has 0 radical (unpaired) electrons. The first-order valence-electron chi connectivity index (χ1n) is 7.48. The van der Waals surface area contributed by atoms with Gasteiger partial charge in [-0.1, -0.05) is 6.07 Å². The molecule has 0 aromatic carbocycles. The highest BCUT2D eigenvalue weighted by Crippen LogP contribution is 2.34. The predicted molar refractivity (Wildman–Crippen MR) is 85.8 cm³/mol. The van der Waals surface area contributed by atoms with Crippen molar-refractivity contribution in [3.63, 3.8) is 0 Å². The lowest BCUT2D eigenvalue weighted by Gasteiger charge is -2.18. The molecule has 1 saturated carbocycles. The summed E-state index contributed by atoms with van der Waals surface area (Å²) >= 11 is 1.70. The number of thiazole rings is 1. The van der Waals surface area contributed by atoms with Crippen LogP contribution in [0.5, 0.6) is 0 Å². The van der Waals surface area contributed by atoms with Crippen LogP contribution in [-0.2, 0) is 0 Å². The number of pyridine rings is 1. The summed E-state index contributed by atoms with van der Waals surface area (Å²) in [5, 5.41) is 6.95. The molecular formula is C16H21N3OS.